The van der Waals surface area contributed by atoms with Gasteiger partial charge in [0.2, 0.25) is 5.91 Å². The third-order valence-electron chi connectivity index (χ3n) is 14.5. The lowest BCUT2D eigenvalue weighted by Gasteiger charge is -2.35. The molecule has 4 heterocycles. The fourth-order valence-corrected chi connectivity index (χ4v) is 12.1. The lowest BCUT2D eigenvalue weighted by Crippen LogP contribution is -2.53. The number of hydrogen-bond acceptors (Lipinski definition) is 11. The number of likely N-dealkylation sites (N-methyl/N-ethyl adjacent to an activating group) is 2. The zero-order valence-corrected chi connectivity index (χ0v) is 51.8. The van der Waals surface area contributed by atoms with E-state index in [0.29, 0.717) is 50.4 Å². The third kappa shape index (κ3) is 19.9. The maximum atomic E-state index is 14.2. The minimum absolute atomic E-state index is 0.0442. The zero-order chi connectivity index (χ0) is 63.5. The van der Waals surface area contributed by atoms with Crippen molar-refractivity contribution in [3.63, 3.8) is 0 Å². The van der Waals surface area contributed by atoms with Crippen LogP contribution < -0.4 is 10.6 Å². The Bertz CT molecular complexity index is 3150. The first kappa shape index (κ1) is 71.5. The average Bonchev–Trinajstić information content (AvgIpc) is 3.25. The van der Waals surface area contributed by atoms with Crippen LogP contribution in [-0.4, -0.2) is 215 Å². The highest BCUT2D eigenvalue weighted by Gasteiger charge is 2.43. The van der Waals surface area contributed by atoms with Crippen LogP contribution in [0.1, 0.15) is 45.2 Å². The van der Waals surface area contributed by atoms with Gasteiger partial charge in [0.25, 0.3) is 0 Å². The molecular formula is C53H68Cl4F8N10O8S2. The Labute approximate surface area is 510 Å². The van der Waals surface area contributed by atoms with Gasteiger partial charge in [0, 0.05) is 116 Å². The Morgan fingerprint density at radius 2 is 0.906 bits per heavy atom. The number of piperazine rings is 2. The summed E-state index contributed by atoms with van der Waals surface area (Å²) in [5, 5.41) is 6.89. The van der Waals surface area contributed by atoms with Crippen molar-refractivity contribution in [3.8, 4) is 0 Å². The van der Waals surface area contributed by atoms with E-state index >= 15 is 0 Å². The summed E-state index contributed by atoms with van der Waals surface area (Å²) in [4.78, 5) is 36.9. The molecule has 0 aliphatic carbocycles. The predicted octanol–water partition coefficient (Wildman–Crippen LogP) is 8.26. The second-order valence-electron chi connectivity index (χ2n) is 20.7. The highest BCUT2D eigenvalue weighted by Crippen LogP contribution is 2.39. The Balaban J connectivity index is 0.000000284. The lowest BCUT2D eigenvalue weighted by atomic mass is 9.93. The second-order valence-corrected chi connectivity index (χ2v) is 25.1. The van der Waals surface area contributed by atoms with E-state index in [2.05, 4.69) is 10.6 Å². The van der Waals surface area contributed by atoms with Crippen molar-refractivity contribution in [2.45, 2.75) is 49.4 Å². The molecule has 3 amide bonds. The SMILES string of the molecule is CN(Cc1ccc(C(F)(F)F)c(F)c1)C1CN(C(=O)CN2CCN(S(=O)(=O)O)CC2)CC1c1ccc(Cl)c(Cl)c1.CN(Cc1ccc(C(F)(F)F)c(F)c1)C1CN(C(=O)N2CCN(S(=O)(=O)O)CC2)CC1c1ccc(Cl)c(Cl)c1.CNC.CNC. The second kappa shape index (κ2) is 30.8. The van der Waals surface area contributed by atoms with Gasteiger partial charge in [-0.15, -0.1) is 0 Å². The summed E-state index contributed by atoms with van der Waals surface area (Å²) in [5.41, 5.74) is -0.366. The van der Waals surface area contributed by atoms with Gasteiger partial charge >= 0.3 is 39.0 Å². The number of carbonyl (C=O) groups excluding carboxylic acids is 2. The van der Waals surface area contributed by atoms with E-state index in [1.165, 1.54) is 17.0 Å². The van der Waals surface area contributed by atoms with E-state index in [-0.39, 0.29) is 121 Å². The van der Waals surface area contributed by atoms with E-state index in [9.17, 15) is 70.7 Å². The molecule has 474 valence electrons. The average molecular weight is 1330 g/mol. The molecule has 4 aliphatic heterocycles. The third-order valence-corrected chi connectivity index (χ3v) is 18.0. The van der Waals surface area contributed by atoms with Crippen molar-refractivity contribution in [2.24, 2.45) is 0 Å². The normalized spacial score (nSPS) is 20.2. The monoisotopic (exact) mass is 1330 g/mol. The molecule has 18 nitrogen and oxygen atoms in total. The van der Waals surface area contributed by atoms with Crippen LogP contribution in [0.5, 0.6) is 0 Å². The van der Waals surface area contributed by atoms with Crippen LogP contribution in [0.3, 0.4) is 0 Å². The molecule has 4 saturated heterocycles. The van der Waals surface area contributed by atoms with Crippen molar-refractivity contribution in [1.29, 1.82) is 0 Å². The van der Waals surface area contributed by atoms with Gasteiger partial charge in [-0.05, 0) is 113 Å². The van der Waals surface area contributed by atoms with Crippen LogP contribution in [0.25, 0.3) is 0 Å². The van der Waals surface area contributed by atoms with E-state index in [1.807, 2.05) is 38.0 Å². The molecule has 4 aromatic rings. The molecule has 4 fully saturated rings. The minimum atomic E-state index is -4.80. The first-order valence-corrected chi connectivity index (χ1v) is 30.6. The van der Waals surface area contributed by atoms with Gasteiger partial charge in [0.05, 0.1) is 37.8 Å². The number of alkyl halides is 6. The molecule has 0 saturated carbocycles. The number of nitrogens with zero attached hydrogens (tertiary/aromatic N) is 8. The van der Waals surface area contributed by atoms with Gasteiger partial charge in [0.1, 0.15) is 11.6 Å². The number of hydrogen-bond donors (Lipinski definition) is 4. The first-order valence-electron chi connectivity index (χ1n) is 26.3. The standard InChI is InChI=1S/C25H28Cl2F4N4O4S.C24H26Cl2F4N4O4S.2C2H7N/c1-32(12-16-2-4-19(22(28)10-16)25(29,30)31)23-14-34(13-18(23)17-3-5-20(26)21(27)11-17)24(36)15-33-6-8-35(9-7-33)40(37,38)39;1-31(12-15-2-4-18(21(27)10-15)24(28,29)30)22-14-33(13-17(22)16-3-5-19(25)20(26)11-16)23(35)32-6-8-34(9-7-32)39(36,37)38;2*1-3-2/h2-5,10-11,18,23H,6-9,12-15H2,1H3,(H,37,38,39);2-5,10-11,17,22H,6-9,12-14H2,1H3,(H,36,37,38);2*3H,1-2H3. The van der Waals surface area contributed by atoms with Gasteiger partial charge in [-0.25, -0.2) is 13.6 Å². The largest absolute Gasteiger partial charge is 0.419 e. The maximum Gasteiger partial charge on any atom is 0.419 e. The topological polar surface area (TPSA) is 193 Å². The highest BCUT2D eigenvalue weighted by molar-refractivity contribution is 7.83. The summed E-state index contributed by atoms with van der Waals surface area (Å²) in [6.45, 7) is 2.25. The lowest BCUT2D eigenvalue weighted by molar-refractivity contribution is -0.140. The Kier molecular flexibility index (Phi) is 25.9. The van der Waals surface area contributed by atoms with Crippen molar-refractivity contribution in [3.05, 3.63) is 138 Å². The van der Waals surface area contributed by atoms with Crippen LogP contribution in [0.2, 0.25) is 20.1 Å². The van der Waals surface area contributed by atoms with Gasteiger partial charge in [-0.3, -0.25) is 28.6 Å². The van der Waals surface area contributed by atoms with Crippen molar-refractivity contribution >= 4 is 79.0 Å². The summed E-state index contributed by atoms with van der Waals surface area (Å²) < 4.78 is 172. The van der Waals surface area contributed by atoms with Crippen LogP contribution in [0, 0.1) is 11.6 Å². The summed E-state index contributed by atoms with van der Waals surface area (Å²) in [7, 11) is 2.36. The molecule has 32 heteroatoms. The highest BCUT2D eigenvalue weighted by atomic mass is 35.5. The Morgan fingerprint density at radius 1 is 0.541 bits per heavy atom. The predicted molar refractivity (Wildman–Crippen MR) is 309 cm³/mol. The van der Waals surface area contributed by atoms with Gasteiger partial charge in [0.15, 0.2) is 0 Å². The van der Waals surface area contributed by atoms with E-state index < -0.39 is 55.7 Å². The molecule has 8 rings (SSSR count). The Hall–Kier alpha value is -4.24. The first-order chi connectivity index (χ1) is 39.6. The molecule has 0 bridgehead atoms. The van der Waals surface area contributed by atoms with Gasteiger partial charge in [-0.1, -0.05) is 70.7 Å². The molecule has 4 unspecified atom stereocenters. The van der Waals surface area contributed by atoms with Gasteiger partial charge in [-0.2, -0.15) is 51.8 Å². The molecule has 0 spiro atoms. The zero-order valence-electron chi connectivity index (χ0n) is 47.1. The van der Waals surface area contributed by atoms with Crippen LogP contribution in [-0.2, 0) is 50.8 Å². The fraction of sp³-hybridized carbons (Fsp3) is 0.509. The maximum absolute atomic E-state index is 14.2. The number of halogens is 12. The number of carbonyl (C=O) groups is 2. The van der Waals surface area contributed by atoms with Crippen molar-refractivity contribution < 1.29 is 70.7 Å². The van der Waals surface area contributed by atoms with Crippen molar-refractivity contribution in [1.82, 2.24) is 48.6 Å². The Morgan fingerprint density at radius 3 is 1.26 bits per heavy atom. The van der Waals surface area contributed by atoms with Crippen molar-refractivity contribution in [2.75, 3.05) is 127 Å². The summed E-state index contributed by atoms with van der Waals surface area (Å²) in [6, 6.07) is 15.0. The molecular weight excluding hydrogens is 1260 g/mol. The summed E-state index contributed by atoms with van der Waals surface area (Å²) in [5.74, 6) is -3.37. The molecule has 4 N–H and O–H groups in total. The molecule has 4 aromatic carbocycles. The minimum Gasteiger partial charge on any atom is -0.339 e. The van der Waals surface area contributed by atoms with Crippen LogP contribution in [0.4, 0.5) is 39.9 Å². The fourth-order valence-electron chi connectivity index (χ4n) is 10.3. The number of likely N-dealkylation sites (tertiary alicyclic amines) is 2. The summed E-state index contributed by atoms with van der Waals surface area (Å²) >= 11 is 24.7. The molecule has 85 heavy (non-hydrogen) atoms. The number of urea groups is 1. The summed E-state index contributed by atoms with van der Waals surface area (Å²) in [6.07, 6.45) is -9.59. The molecule has 0 radical (unpaired) electrons. The van der Waals surface area contributed by atoms with E-state index in [0.717, 1.165) is 37.9 Å². The molecule has 4 atom stereocenters. The van der Waals surface area contributed by atoms with E-state index in [1.54, 1.807) is 65.2 Å². The molecule has 0 aromatic heterocycles. The smallest absolute Gasteiger partial charge is 0.339 e. The van der Waals surface area contributed by atoms with Crippen LogP contribution in [0.15, 0.2) is 72.8 Å². The van der Waals surface area contributed by atoms with E-state index in [4.69, 9.17) is 46.4 Å². The number of nitrogens with one attached hydrogen (secondary N) is 2. The number of rotatable bonds is 12. The van der Waals surface area contributed by atoms with Gasteiger partial charge < -0.3 is 25.3 Å². The molecule has 4 aliphatic rings. The quantitative estimate of drug-likeness (QED) is 0.0784. The number of amides is 3. The van der Waals surface area contributed by atoms with Crippen LogP contribution >= 0.6 is 46.4 Å². The number of benzene rings is 4.